The number of morpholine rings is 1. The number of ether oxygens (including phenoxy) is 1. The van der Waals surface area contributed by atoms with Gasteiger partial charge in [-0.1, -0.05) is 42.1 Å². The Kier molecular flexibility index (Phi) is 7.01. The minimum Gasteiger partial charge on any atom is -0.374 e. The van der Waals surface area contributed by atoms with E-state index in [1.165, 1.54) is 29.5 Å². The summed E-state index contributed by atoms with van der Waals surface area (Å²) >= 11 is 1.43. The molecule has 0 saturated carbocycles. The van der Waals surface area contributed by atoms with E-state index in [4.69, 9.17) is 4.74 Å². The summed E-state index contributed by atoms with van der Waals surface area (Å²) in [6.45, 7) is 3.53. The van der Waals surface area contributed by atoms with Gasteiger partial charge in [-0.3, -0.25) is 14.3 Å². The van der Waals surface area contributed by atoms with Crippen molar-refractivity contribution < 1.29 is 13.9 Å². The fraction of sp³-hybridized carbons (Fsp3) is 0.304. The smallest absolute Gasteiger partial charge is 0.270 e. The van der Waals surface area contributed by atoms with Crippen molar-refractivity contribution in [2.45, 2.75) is 17.8 Å². The van der Waals surface area contributed by atoms with Crippen molar-refractivity contribution >= 4 is 17.7 Å². The van der Waals surface area contributed by atoms with Gasteiger partial charge in [0.15, 0.2) is 5.16 Å². The number of amides is 1. The van der Waals surface area contributed by atoms with E-state index in [-0.39, 0.29) is 17.8 Å². The molecule has 0 radical (unpaired) electrons. The number of carbonyl (C=O) groups is 1. The highest BCUT2D eigenvalue weighted by atomic mass is 32.2. The first-order valence-electron chi connectivity index (χ1n) is 10.2. The summed E-state index contributed by atoms with van der Waals surface area (Å²) < 4.78 is 20.9. The van der Waals surface area contributed by atoms with Gasteiger partial charge in [0.2, 0.25) is 0 Å². The average molecular weight is 441 g/mol. The number of nitrogens with zero attached hydrogens (tertiary/aromatic N) is 3. The molecule has 1 fully saturated rings. The molecule has 162 valence electrons. The first kappa shape index (κ1) is 21.5. The average Bonchev–Trinajstić information content (AvgIpc) is 3.23. The van der Waals surface area contributed by atoms with E-state index in [0.29, 0.717) is 29.7 Å². The van der Waals surface area contributed by atoms with E-state index < -0.39 is 0 Å². The first-order valence-corrected chi connectivity index (χ1v) is 11.4. The zero-order valence-electron chi connectivity index (χ0n) is 17.3. The second-order valence-electron chi connectivity index (χ2n) is 7.37. The number of imidazole rings is 1. The molecule has 8 heteroatoms. The van der Waals surface area contributed by atoms with Crippen LogP contribution in [0.4, 0.5) is 4.39 Å². The van der Waals surface area contributed by atoms with Crippen LogP contribution in [-0.2, 0) is 11.3 Å². The topological polar surface area (TPSA) is 59.4 Å². The van der Waals surface area contributed by atoms with Crippen LogP contribution >= 0.6 is 11.8 Å². The van der Waals surface area contributed by atoms with Crippen LogP contribution < -0.4 is 5.32 Å². The molecule has 4 rings (SSSR count). The van der Waals surface area contributed by atoms with Crippen LogP contribution in [0, 0.1) is 5.82 Å². The van der Waals surface area contributed by atoms with Crippen LogP contribution in [0.1, 0.15) is 16.1 Å². The molecule has 1 unspecified atom stereocenters. The highest BCUT2D eigenvalue weighted by molar-refractivity contribution is 7.98. The second kappa shape index (κ2) is 10.1. The molecule has 6 nitrogen and oxygen atoms in total. The normalized spacial score (nSPS) is 16.9. The largest absolute Gasteiger partial charge is 0.374 e. The van der Waals surface area contributed by atoms with Gasteiger partial charge in [-0.2, -0.15) is 0 Å². The highest BCUT2D eigenvalue weighted by Crippen LogP contribution is 2.22. The lowest BCUT2D eigenvalue weighted by molar-refractivity contribution is -0.0292. The number of nitrogens with one attached hydrogen (secondary N) is 1. The van der Waals surface area contributed by atoms with E-state index >= 15 is 0 Å². The first-order chi connectivity index (χ1) is 15.1. The van der Waals surface area contributed by atoms with E-state index in [2.05, 4.69) is 27.3 Å². The molecular weight excluding hydrogens is 415 g/mol. The summed E-state index contributed by atoms with van der Waals surface area (Å²) in [5.41, 5.74) is 2.37. The summed E-state index contributed by atoms with van der Waals surface area (Å²) in [5, 5.41) is 3.64. The van der Waals surface area contributed by atoms with Crippen LogP contribution in [0.2, 0.25) is 0 Å². The predicted molar refractivity (Wildman–Crippen MR) is 119 cm³/mol. The van der Waals surface area contributed by atoms with Crippen LogP contribution in [0.25, 0.3) is 5.69 Å². The molecule has 1 aromatic heterocycles. The highest BCUT2D eigenvalue weighted by Gasteiger charge is 2.23. The number of benzene rings is 2. The second-order valence-corrected chi connectivity index (χ2v) is 8.14. The van der Waals surface area contributed by atoms with E-state index in [1.807, 2.05) is 24.5 Å². The lowest BCUT2D eigenvalue weighted by atomic mass is 10.2. The summed E-state index contributed by atoms with van der Waals surface area (Å²) in [4.78, 5) is 19.6. The molecule has 0 bridgehead atoms. The van der Waals surface area contributed by atoms with E-state index in [9.17, 15) is 9.18 Å². The van der Waals surface area contributed by atoms with Gasteiger partial charge in [0.25, 0.3) is 5.91 Å². The van der Waals surface area contributed by atoms with E-state index in [0.717, 1.165) is 19.6 Å². The lowest BCUT2D eigenvalue weighted by Gasteiger charge is -2.33. The van der Waals surface area contributed by atoms with Gasteiger partial charge in [0.05, 0.1) is 18.9 Å². The Morgan fingerprint density at radius 3 is 2.74 bits per heavy atom. The molecule has 3 aromatic rings. The van der Waals surface area contributed by atoms with Crippen molar-refractivity contribution in [2.24, 2.45) is 0 Å². The summed E-state index contributed by atoms with van der Waals surface area (Å²) in [7, 11) is 0. The molecule has 2 aromatic carbocycles. The molecule has 1 aliphatic heterocycles. The summed E-state index contributed by atoms with van der Waals surface area (Å²) in [6, 6.07) is 16.4. The molecular formula is C23H25FN4O2S. The Morgan fingerprint density at radius 2 is 2.00 bits per heavy atom. The molecule has 1 atom stereocenters. The van der Waals surface area contributed by atoms with Crippen LogP contribution in [0.3, 0.4) is 0 Å². The van der Waals surface area contributed by atoms with Gasteiger partial charge in [-0.15, -0.1) is 0 Å². The minimum atomic E-state index is -0.324. The Hall–Kier alpha value is -2.68. The monoisotopic (exact) mass is 440 g/mol. The van der Waals surface area contributed by atoms with Gasteiger partial charge >= 0.3 is 0 Å². The molecule has 0 aliphatic carbocycles. The van der Waals surface area contributed by atoms with Crippen LogP contribution in [0.15, 0.2) is 66.0 Å². The Morgan fingerprint density at radius 1 is 1.23 bits per heavy atom. The van der Waals surface area contributed by atoms with Gasteiger partial charge < -0.3 is 10.1 Å². The third-order valence-electron chi connectivity index (χ3n) is 5.19. The minimum absolute atomic E-state index is 0.0800. The Bertz CT molecular complexity index is 1010. The molecule has 1 aliphatic rings. The maximum Gasteiger partial charge on any atom is 0.270 e. The quantitative estimate of drug-likeness (QED) is 0.571. The molecule has 1 N–H and O–H groups in total. The van der Waals surface area contributed by atoms with Gasteiger partial charge in [-0.25, -0.2) is 9.37 Å². The SMILES string of the molecule is CSc1ncc(C(=O)NCC2CN(Cc3ccccc3)CCO2)n1-c1ccc(F)cc1. The standard InChI is InChI=1S/C23H25FN4O2S/c1-31-23-26-14-21(28(23)19-9-7-18(24)8-10-19)22(29)25-13-20-16-27(11-12-30-20)15-17-5-3-2-4-6-17/h2-10,14,20H,11-13,15-16H2,1H3,(H,25,29). The third kappa shape index (κ3) is 5.33. The Balaban J connectivity index is 1.40. The Labute approximate surface area is 185 Å². The number of rotatable bonds is 7. The molecule has 31 heavy (non-hydrogen) atoms. The molecule has 0 spiro atoms. The maximum atomic E-state index is 13.3. The number of thioether (sulfide) groups is 1. The van der Waals surface area contributed by atoms with Crippen molar-refractivity contribution in [2.75, 3.05) is 32.5 Å². The fourth-order valence-corrected chi connectivity index (χ4v) is 4.21. The van der Waals surface area contributed by atoms with Gasteiger partial charge in [0.1, 0.15) is 11.5 Å². The number of hydrogen-bond donors (Lipinski definition) is 1. The molecule has 2 heterocycles. The van der Waals surface area contributed by atoms with Crippen molar-refractivity contribution in [1.29, 1.82) is 0 Å². The predicted octanol–water partition coefficient (Wildman–Crippen LogP) is 3.36. The fourth-order valence-electron chi connectivity index (χ4n) is 3.66. The van der Waals surface area contributed by atoms with Crippen LogP contribution in [-0.4, -0.2) is 59.0 Å². The summed E-state index contributed by atoms with van der Waals surface area (Å²) in [6.07, 6.45) is 3.36. The van der Waals surface area contributed by atoms with E-state index in [1.54, 1.807) is 22.9 Å². The van der Waals surface area contributed by atoms with Crippen LogP contribution in [0.5, 0.6) is 0 Å². The number of hydrogen-bond acceptors (Lipinski definition) is 5. The van der Waals surface area contributed by atoms with Crippen molar-refractivity contribution in [3.8, 4) is 5.69 Å². The van der Waals surface area contributed by atoms with Crippen molar-refractivity contribution in [1.82, 2.24) is 19.8 Å². The lowest BCUT2D eigenvalue weighted by Crippen LogP contribution is -2.47. The van der Waals surface area contributed by atoms with Gasteiger partial charge in [-0.05, 0) is 36.1 Å². The summed E-state index contributed by atoms with van der Waals surface area (Å²) in [5.74, 6) is -0.559. The number of halogens is 1. The number of carbonyl (C=O) groups excluding carboxylic acids is 1. The van der Waals surface area contributed by atoms with Crippen molar-refractivity contribution in [3.63, 3.8) is 0 Å². The number of aromatic nitrogens is 2. The molecule has 1 amide bonds. The molecule has 1 saturated heterocycles. The zero-order valence-corrected chi connectivity index (χ0v) is 18.1. The zero-order chi connectivity index (χ0) is 21.6. The van der Waals surface area contributed by atoms with Crippen molar-refractivity contribution in [3.05, 3.63) is 77.9 Å². The maximum absolute atomic E-state index is 13.3. The third-order valence-corrected chi connectivity index (χ3v) is 5.84. The van der Waals surface area contributed by atoms with Gasteiger partial charge in [0, 0.05) is 31.9 Å².